The highest BCUT2D eigenvalue weighted by Crippen LogP contribution is 2.28. The highest BCUT2D eigenvalue weighted by Gasteiger charge is 2.09. The number of benzene rings is 2. The lowest BCUT2D eigenvalue weighted by Crippen LogP contribution is -2.10. The second-order valence-electron chi connectivity index (χ2n) is 5.73. The van der Waals surface area contributed by atoms with Gasteiger partial charge in [0.25, 0.3) is 0 Å². The van der Waals surface area contributed by atoms with E-state index in [1.165, 1.54) is 11.9 Å². The molecule has 3 rings (SSSR count). The molecule has 0 bridgehead atoms. The fourth-order valence-corrected chi connectivity index (χ4v) is 2.73. The predicted octanol–water partition coefficient (Wildman–Crippen LogP) is 4.42. The minimum atomic E-state index is 0.491. The van der Waals surface area contributed by atoms with Crippen LogP contribution in [0.4, 0.5) is 23.0 Å². The Bertz CT molecular complexity index is 852. The topological polar surface area (TPSA) is 75.9 Å². The minimum absolute atomic E-state index is 0.491. The second-order valence-corrected chi connectivity index (χ2v) is 6.17. The molecule has 0 unspecified atom stereocenters. The van der Waals surface area contributed by atoms with Crippen LogP contribution in [0.2, 0.25) is 5.02 Å². The van der Waals surface area contributed by atoms with E-state index in [0.717, 1.165) is 24.2 Å². The first-order valence-corrected chi connectivity index (χ1v) is 8.43. The zero-order valence-corrected chi connectivity index (χ0v) is 14.7. The number of halogens is 1. The zero-order chi connectivity index (χ0) is 17.6. The minimum Gasteiger partial charge on any atom is -0.393 e. The highest BCUT2D eigenvalue weighted by atomic mass is 35.5. The number of rotatable bonds is 6. The van der Waals surface area contributed by atoms with E-state index in [9.17, 15) is 0 Å². The van der Waals surface area contributed by atoms with Gasteiger partial charge in [-0.3, -0.25) is 0 Å². The lowest BCUT2D eigenvalue weighted by molar-refractivity contribution is 1.00. The number of nitrogens with one attached hydrogen (secondary N) is 2. The van der Waals surface area contributed by atoms with Crippen LogP contribution in [0.3, 0.4) is 0 Å². The molecule has 0 spiro atoms. The lowest BCUT2D eigenvalue weighted by atomic mass is 10.1. The van der Waals surface area contributed by atoms with Gasteiger partial charge in [-0.1, -0.05) is 41.9 Å². The van der Waals surface area contributed by atoms with E-state index in [4.69, 9.17) is 17.3 Å². The van der Waals surface area contributed by atoms with Crippen LogP contribution in [-0.4, -0.2) is 16.5 Å². The molecule has 0 saturated heterocycles. The molecule has 0 aliphatic heterocycles. The average Bonchev–Trinajstić information content (AvgIpc) is 2.61. The van der Waals surface area contributed by atoms with Gasteiger partial charge in [-0.2, -0.15) is 0 Å². The van der Waals surface area contributed by atoms with Gasteiger partial charge in [0, 0.05) is 17.3 Å². The standard InChI is InChI=1S/C19H20ClN5/c1-13-11-15(20)7-8-16(13)25-19-17(21)18(23-12-24-19)22-10-9-14-5-3-2-4-6-14/h2-8,11-12H,9-10,21H2,1H3,(H2,22,23,24,25). The van der Waals surface area contributed by atoms with Crippen LogP contribution in [0.5, 0.6) is 0 Å². The molecular formula is C19H20ClN5. The van der Waals surface area contributed by atoms with Crippen LogP contribution in [0, 0.1) is 6.92 Å². The van der Waals surface area contributed by atoms with Crippen LogP contribution in [0.25, 0.3) is 0 Å². The van der Waals surface area contributed by atoms with Crippen molar-refractivity contribution in [1.82, 2.24) is 9.97 Å². The Morgan fingerprint density at radius 2 is 1.80 bits per heavy atom. The Balaban J connectivity index is 1.69. The van der Waals surface area contributed by atoms with Gasteiger partial charge in [0.05, 0.1) is 0 Å². The maximum atomic E-state index is 6.21. The zero-order valence-electron chi connectivity index (χ0n) is 14.0. The largest absolute Gasteiger partial charge is 0.393 e. The lowest BCUT2D eigenvalue weighted by Gasteiger charge is -2.14. The molecule has 128 valence electrons. The van der Waals surface area contributed by atoms with Gasteiger partial charge in [-0.15, -0.1) is 0 Å². The van der Waals surface area contributed by atoms with Crippen molar-refractivity contribution in [3.8, 4) is 0 Å². The van der Waals surface area contributed by atoms with Crippen LogP contribution >= 0.6 is 11.6 Å². The van der Waals surface area contributed by atoms with Crippen molar-refractivity contribution in [2.24, 2.45) is 0 Å². The summed E-state index contributed by atoms with van der Waals surface area (Å²) in [5, 5.41) is 7.21. The Hall–Kier alpha value is -2.79. The van der Waals surface area contributed by atoms with Gasteiger partial charge in [-0.25, -0.2) is 9.97 Å². The molecule has 0 radical (unpaired) electrons. The molecule has 4 N–H and O–H groups in total. The number of aryl methyl sites for hydroxylation is 1. The third-order valence-corrected chi connectivity index (χ3v) is 4.11. The summed E-state index contributed by atoms with van der Waals surface area (Å²) >= 11 is 6.00. The van der Waals surface area contributed by atoms with Gasteiger partial charge in [0.2, 0.25) is 0 Å². The average molecular weight is 354 g/mol. The van der Waals surface area contributed by atoms with Crippen LogP contribution in [0.1, 0.15) is 11.1 Å². The summed E-state index contributed by atoms with van der Waals surface area (Å²) in [4.78, 5) is 8.48. The summed E-state index contributed by atoms with van der Waals surface area (Å²) in [7, 11) is 0. The van der Waals surface area contributed by atoms with E-state index in [-0.39, 0.29) is 0 Å². The van der Waals surface area contributed by atoms with Gasteiger partial charge >= 0.3 is 0 Å². The van der Waals surface area contributed by atoms with Gasteiger partial charge in [0.15, 0.2) is 11.6 Å². The maximum Gasteiger partial charge on any atom is 0.159 e. The Morgan fingerprint density at radius 1 is 1.04 bits per heavy atom. The first kappa shape index (κ1) is 17.0. The quantitative estimate of drug-likeness (QED) is 0.611. The molecular weight excluding hydrogens is 334 g/mol. The summed E-state index contributed by atoms with van der Waals surface area (Å²) in [6, 6.07) is 15.9. The molecule has 6 heteroatoms. The second kappa shape index (κ2) is 7.85. The van der Waals surface area contributed by atoms with E-state index >= 15 is 0 Å². The molecule has 0 atom stereocenters. The van der Waals surface area contributed by atoms with Gasteiger partial charge < -0.3 is 16.4 Å². The van der Waals surface area contributed by atoms with Gasteiger partial charge in [0.1, 0.15) is 12.0 Å². The summed E-state index contributed by atoms with van der Waals surface area (Å²) in [5.41, 5.74) is 9.89. The van der Waals surface area contributed by atoms with Crippen molar-refractivity contribution in [2.45, 2.75) is 13.3 Å². The number of aromatic nitrogens is 2. The molecule has 25 heavy (non-hydrogen) atoms. The van der Waals surface area contributed by atoms with Crippen molar-refractivity contribution in [1.29, 1.82) is 0 Å². The molecule has 0 amide bonds. The monoisotopic (exact) mass is 353 g/mol. The van der Waals surface area contributed by atoms with E-state index in [1.54, 1.807) is 0 Å². The Labute approximate surface area is 152 Å². The fourth-order valence-electron chi connectivity index (χ4n) is 2.50. The fraction of sp³-hybridized carbons (Fsp3) is 0.158. The van der Waals surface area contributed by atoms with E-state index in [2.05, 4.69) is 32.7 Å². The van der Waals surface area contributed by atoms with E-state index in [0.29, 0.717) is 22.3 Å². The molecule has 0 saturated carbocycles. The third kappa shape index (κ3) is 4.39. The number of anilines is 4. The normalized spacial score (nSPS) is 10.5. The summed E-state index contributed by atoms with van der Waals surface area (Å²) < 4.78 is 0. The molecule has 2 aromatic carbocycles. The summed E-state index contributed by atoms with van der Waals surface area (Å²) in [5.74, 6) is 1.20. The molecule has 3 aromatic rings. The number of hydrogen-bond donors (Lipinski definition) is 3. The number of hydrogen-bond acceptors (Lipinski definition) is 5. The molecule has 0 aliphatic carbocycles. The van der Waals surface area contributed by atoms with Crippen LogP contribution < -0.4 is 16.4 Å². The Morgan fingerprint density at radius 3 is 2.56 bits per heavy atom. The molecule has 1 aromatic heterocycles. The summed E-state index contributed by atoms with van der Waals surface area (Å²) in [6.07, 6.45) is 2.39. The summed E-state index contributed by atoms with van der Waals surface area (Å²) in [6.45, 7) is 2.72. The van der Waals surface area contributed by atoms with E-state index < -0.39 is 0 Å². The molecule has 1 heterocycles. The van der Waals surface area contributed by atoms with Crippen LogP contribution in [0.15, 0.2) is 54.9 Å². The van der Waals surface area contributed by atoms with Crippen LogP contribution in [-0.2, 0) is 6.42 Å². The molecule has 0 fully saturated rings. The first-order valence-electron chi connectivity index (χ1n) is 8.05. The number of nitrogen functional groups attached to an aromatic ring is 1. The van der Waals surface area contributed by atoms with Crippen molar-refractivity contribution in [3.63, 3.8) is 0 Å². The van der Waals surface area contributed by atoms with Crippen molar-refractivity contribution in [2.75, 3.05) is 22.9 Å². The van der Waals surface area contributed by atoms with Crippen molar-refractivity contribution in [3.05, 3.63) is 71.0 Å². The highest BCUT2D eigenvalue weighted by molar-refractivity contribution is 6.30. The molecule has 0 aliphatic rings. The maximum absolute atomic E-state index is 6.21. The number of nitrogens with two attached hydrogens (primary N) is 1. The smallest absolute Gasteiger partial charge is 0.159 e. The first-order chi connectivity index (χ1) is 12.1. The van der Waals surface area contributed by atoms with Crippen molar-refractivity contribution < 1.29 is 0 Å². The predicted molar refractivity (Wildman–Crippen MR) is 105 cm³/mol. The van der Waals surface area contributed by atoms with Crippen molar-refractivity contribution >= 4 is 34.6 Å². The third-order valence-electron chi connectivity index (χ3n) is 3.87. The van der Waals surface area contributed by atoms with E-state index in [1.807, 2.05) is 43.3 Å². The molecule has 5 nitrogen and oxygen atoms in total. The van der Waals surface area contributed by atoms with Gasteiger partial charge in [-0.05, 0) is 42.7 Å². The SMILES string of the molecule is Cc1cc(Cl)ccc1Nc1ncnc(NCCc2ccccc2)c1N. The Kier molecular flexibility index (Phi) is 5.36. The number of nitrogens with zero attached hydrogens (tertiary/aromatic N) is 2.